The van der Waals surface area contributed by atoms with Crippen LogP contribution in [0.5, 0.6) is 5.88 Å². The molecule has 0 radical (unpaired) electrons. The van der Waals surface area contributed by atoms with Crippen molar-refractivity contribution < 1.29 is 14.3 Å². The Kier molecular flexibility index (Phi) is 7.66. The molecule has 0 saturated carbocycles. The zero-order chi connectivity index (χ0) is 18.9. The number of piperidine rings is 1. The summed E-state index contributed by atoms with van der Waals surface area (Å²) >= 11 is 1.63. The number of amides is 2. The van der Waals surface area contributed by atoms with E-state index in [-0.39, 0.29) is 29.5 Å². The van der Waals surface area contributed by atoms with Crippen molar-refractivity contribution in [3.63, 3.8) is 0 Å². The first-order valence-electron chi connectivity index (χ1n) is 8.47. The standard InChI is InChI=1S/C17H23N5O3S/c1-12(23)21-14(5-9-26-2)17(24)22-8-3-4-13(11-22)25-16-15(10-18)19-6-7-20-16/h6-7,13-14H,3-5,8-9,11H2,1-2H3,(H,21,23)/t13-,14+/m0/s1. The van der Waals surface area contributed by atoms with Crippen molar-refractivity contribution in [3.8, 4) is 11.9 Å². The Bertz CT molecular complexity index is 679. The van der Waals surface area contributed by atoms with Crippen molar-refractivity contribution in [1.29, 1.82) is 5.26 Å². The number of thioether (sulfide) groups is 1. The van der Waals surface area contributed by atoms with Crippen molar-refractivity contribution in [3.05, 3.63) is 18.1 Å². The first-order chi connectivity index (χ1) is 12.5. The predicted octanol–water partition coefficient (Wildman–Crippen LogP) is 0.976. The number of ether oxygens (including phenoxy) is 1. The van der Waals surface area contributed by atoms with Crippen LogP contribution in [0.15, 0.2) is 12.4 Å². The maximum atomic E-state index is 12.8. The van der Waals surface area contributed by atoms with Gasteiger partial charge in [0, 0.05) is 25.9 Å². The van der Waals surface area contributed by atoms with E-state index in [1.165, 1.54) is 19.3 Å². The van der Waals surface area contributed by atoms with E-state index in [0.29, 0.717) is 19.5 Å². The number of hydrogen-bond acceptors (Lipinski definition) is 7. The summed E-state index contributed by atoms with van der Waals surface area (Å²) in [5.74, 6) is 0.667. The first kappa shape index (κ1) is 20.0. The van der Waals surface area contributed by atoms with Gasteiger partial charge in [0.15, 0.2) is 0 Å². The number of nitrogens with zero attached hydrogens (tertiary/aromatic N) is 4. The van der Waals surface area contributed by atoms with Gasteiger partial charge < -0.3 is 15.0 Å². The van der Waals surface area contributed by atoms with Gasteiger partial charge in [-0.05, 0) is 31.3 Å². The lowest BCUT2D eigenvalue weighted by Gasteiger charge is -2.34. The molecule has 0 unspecified atom stereocenters. The van der Waals surface area contributed by atoms with E-state index in [4.69, 9.17) is 10.00 Å². The summed E-state index contributed by atoms with van der Waals surface area (Å²) in [6.07, 6.45) is 6.76. The van der Waals surface area contributed by atoms with Gasteiger partial charge in [-0.3, -0.25) is 9.59 Å². The molecule has 1 N–H and O–H groups in total. The van der Waals surface area contributed by atoms with Gasteiger partial charge in [-0.2, -0.15) is 17.0 Å². The first-order valence-corrected chi connectivity index (χ1v) is 9.87. The molecule has 1 fully saturated rings. The van der Waals surface area contributed by atoms with Crippen LogP contribution < -0.4 is 10.1 Å². The second kappa shape index (κ2) is 9.97. The molecular formula is C17H23N5O3S. The van der Waals surface area contributed by atoms with Crippen LogP contribution in [0.4, 0.5) is 0 Å². The van der Waals surface area contributed by atoms with Crippen LogP contribution in [0.1, 0.15) is 31.9 Å². The maximum Gasteiger partial charge on any atom is 0.251 e. The molecule has 2 rings (SSSR count). The lowest BCUT2D eigenvalue weighted by Crippen LogP contribution is -2.53. The summed E-state index contributed by atoms with van der Waals surface area (Å²) in [5, 5.41) is 11.8. The maximum absolute atomic E-state index is 12.8. The Morgan fingerprint density at radius 2 is 2.27 bits per heavy atom. The summed E-state index contributed by atoms with van der Waals surface area (Å²) in [5.41, 5.74) is 0.132. The number of aromatic nitrogens is 2. The minimum absolute atomic E-state index is 0.0952. The summed E-state index contributed by atoms with van der Waals surface area (Å²) < 4.78 is 5.82. The molecule has 0 aromatic carbocycles. The molecule has 9 heteroatoms. The highest BCUT2D eigenvalue weighted by Gasteiger charge is 2.30. The fraction of sp³-hybridized carbons (Fsp3) is 0.588. The Morgan fingerprint density at radius 1 is 1.50 bits per heavy atom. The fourth-order valence-electron chi connectivity index (χ4n) is 2.84. The van der Waals surface area contributed by atoms with Crippen LogP contribution in [0.25, 0.3) is 0 Å². The number of carbonyl (C=O) groups excluding carboxylic acids is 2. The molecule has 1 saturated heterocycles. The Morgan fingerprint density at radius 3 is 2.96 bits per heavy atom. The van der Waals surface area contributed by atoms with E-state index in [1.54, 1.807) is 16.7 Å². The normalized spacial score (nSPS) is 17.9. The largest absolute Gasteiger partial charge is 0.470 e. The summed E-state index contributed by atoms with van der Waals surface area (Å²) in [4.78, 5) is 34.0. The number of rotatable bonds is 7. The van der Waals surface area contributed by atoms with Crippen molar-refractivity contribution >= 4 is 23.6 Å². The van der Waals surface area contributed by atoms with E-state index in [1.807, 2.05) is 12.3 Å². The highest BCUT2D eigenvalue weighted by Crippen LogP contribution is 2.19. The number of likely N-dealkylation sites (tertiary alicyclic amines) is 1. The van der Waals surface area contributed by atoms with Gasteiger partial charge in [-0.15, -0.1) is 0 Å². The Balaban J connectivity index is 2.02. The number of nitriles is 1. The van der Waals surface area contributed by atoms with E-state index < -0.39 is 6.04 Å². The van der Waals surface area contributed by atoms with Gasteiger partial charge in [-0.1, -0.05) is 0 Å². The Hall–Kier alpha value is -2.34. The van der Waals surface area contributed by atoms with E-state index in [0.717, 1.165) is 18.6 Å². The third-order valence-corrected chi connectivity index (χ3v) is 4.67. The van der Waals surface area contributed by atoms with Crippen LogP contribution in [0.2, 0.25) is 0 Å². The molecule has 2 heterocycles. The molecule has 0 spiro atoms. The van der Waals surface area contributed by atoms with Gasteiger partial charge in [0.1, 0.15) is 18.2 Å². The van der Waals surface area contributed by atoms with Gasteiger partial charge in [0.2, 0.25) is 17.5 Å². The van der Waals surface area contributed by atoms with Gasteiger partial charge >= 0.3 is 0 Å². The van der Waals surface area contributed by atoms with Crippen molar-refractivity contribution in [2.75, 3.05) is 25.1 Å². The molecule has 0 bridgehead atoms. The molecule has 2 amide bonds. The van der Waals surface area contributed by atoms with Gasteiger partial charge in [-0.25, -0.2) is 9.97 Å². The highest BCUT2D eigenvalue weighted by molar-refractivity contribution is 7.98. The van der Waals surface area contributed by atoms with Crippen molar-refractivity contribution in [2.45, 2.75) is 38.3 Å². The molecule has 8 nitrogen and oxygen atoms in total. The van der Waals surface area contributed by atoms with Crippen LogP contribution in [0, 0.1) is 11.3 Å². The predicted molar refractivity (Wildman–Crippen MR) is 97.6 cm³/mol. The minimum atomic E-state index is -0.523. The topological polar surface area (TPSA) is 108 Å². The molecular weight excluding hydrogens is 354 g/mol. The van der Waals surface area contributed by atoms with Gasteiger partial charge in [0.25, 0.3) is 5.88 Å². The second-order valence-electron chi connectivity index (χ2n) is 6.02. The zero-order valence-corrected chi connectivity index (χ0v) is 15.8. The average molecular weight is 377 g/mol. The molecule has 1 aromatic heterocycles. The molecule has 1 aliphatic rings. The lowest BCUT2D eigenvalue weighted by atomic mass is 10.1. The van der Waals surface area contributed by atoms with Crippen LogP contribution >= 0.6 is 11.8 Å². The number of hydrogen-bond donors (Lipinski definition) is 1. The van der Waals surface area contributed by atoms with Gasteiger partial charge in [0.05, 0.1) is 6.54 Å². The smallest absolute Gasteiger partial charge is 0.251 e. The molecule has 1 aliphatic heterocycles. The molecule has 26 heavy (non-hydrogen) atoms. The monoisotopic (exact) mass is 377 g/mol. The second-order valence-corrected chi connectivity index (χ2v) is 7.01. The molecule has 0 aliphatic carbocycles. The zero-order valence-electron chi connectivity index (χ0n) is 15.0. The van der Waals surface area contributed by atoms with Crippen LogP contribution in [-0.4, -0.2) is 63.9 Å². The Labute approximate surface area is 157 Å². The summed E-state index contributed by atoms with van der Waals surface area (Å²) in [6, 6.07) is 1.43. The quantitative estimate of drug-likeness (QED) is 0.754. The minimum Gasteiger partial charge on any atom is -0.470 e. The van der Waals surface area contributed by atoms with Crippen molar-refractivity contribution in [1.82, 2.24) is 20.2 Å². The highest BCUT2D eigenvalue weighted by atomic mass is 32.2. The number of carbonyl (C=O) groups is 2. The molecule has 1 aromatic rings. The van der Waals surface area contributed by atoms with Crippen molar-refractivity contribution in [2.24, 2.45) is 0 Å². The summed E-state index contributed by atoms with van der Waals surface area (Å²) in [6.45, 7) is 2.44. The average Bonchev–Trinajstić information content (AvgIpc) is 2.65. The van der Waals surface area contributed by atoms with E-state index in [2.05, 4.69) is 15.3 Å². The SMILES string of the molecule is CSCC[C@@H](NC(C)=O)C(=O)N1CCC[C@H](Oc2nccnc2C#N)C1. The third-order valence-electron chi connectivity index (χ3n) is 4.02. The number of nitrogens with one attached hydrogen (secondary N) is 1. The third kappa shape index (κ3) is 5.59. The summed E-state index contributed by atoms with van der Waals surface area (Å²) in [7, 11) is 0. The van der Waals surface area contributed by atoms with Crippen LogP contribution in [0.3, 0.4) is 0 Å². The molecule has 140 valence electrons. The fourth-order valence-corrected chi connectivity index (χ4v) is 3.31. The lowest BCUT2D eigenvalue weighted by molar-refractivity contribution is -0.138. The van der Waals surface area contributed by atoms with E-state index >= 15 is 0 Å². The molecule has 2 atom stereocenters. The van der Waals surface area contributed by atoms with E-state index in [9.17, 15) is 9.59 Å². The van der Waals surface area contributed by atoms with Crippen LogP contribution in [-0.2, 0) is 9.59 Å².